The highest BCUT2D eigenvalue weighted by Crippen LogP contribution is 2.45. The Hall–Kier alpha value is -2.40. The van der Waals surface area contributed by atoms with Gasteiger partial charge in [-0.1, -0.05) is 36.0 Å². The average Bonchev–Trinajstić information content (AvgIpc) is 3.13. The second-order valence-electron chi connectivity index (χ2n) is 7.28. The smallest absolute Gasteiger partial charge is 0.315 e. The molecule has 164 valence electrons. The predicted molar refractivity (Wildman–Crippen MR) is 110 cm³/mol. The summed E-state index contributed by atoms with van der Waals surface area (Å²) in [5.41, 5.74) is -0.663. The lowest BCUT2D eigenvalue weighted by atomic mass is 10.1. The molecule has 0 spiro atoms. The summed E-state index contributed by atoms with van der Waals surface area (Å²) in [4.78, 5) is 17.7. The third-order valence-electron chi connectivity index (χ3n) is 5.02. The molecule has 2 aromatic rings. The van der Waals surface area contributed by atoms with Crippen molar-refractivity contribution in [3.05, 3.63) is 65.5 Å². The van der Waals surface area contributed by atoms with Gasteiger partial charge in [0.2, 0.25) is 0 Å². The predicted octanol–water partition coefficient (Wildman–Crippen LogP) is 3.69. The number of sulfone groups is 1. The van der Waals surface area contributed by atoms with Gasteiger partial charge >= 0.3 is 6.18 Å². The van der Waals surface area contributed by atoms with E-state index in [1.54, 1.807) is 0 Å². The topological polar surface area (TPSA) is 66.8 Å². The second kappa shape index (κ2) is 7.94. The van der Waals surface area contributed by atoms with E-state index in [0.717, 1.165) is 17.8 Å². The first kappa shape index (κ1) is 21.8. The van der Waals surface area contributed by atoms with Crippen LogP contribution in [-0.2, 0) is 27.2 Å². The van der Waals surface area contributed by atoms with E-state index >= 15 is 0 Å². The van der Waals surface area contributed by atoms with Crippen LogP contribution in [0.15, 0.2) is 53.5 Å². The number of benzene rings is 2. The van der Waals surface area contributed by atoms with Gasteiger partial charge in [-0.05, 0) is 29.8 Å². The van der Waals surface area contributed by atoms with Crippen molar-refractivity contribution in [1.82, 2.24) is 0 Å². The van der Waals surface area contributed by atoms with Crippen LogP contribution in [0.2, 0.25) is 0 Å². The first-order valence-electron chi connectivity index (χ1n) is 9.22. The van der Waals surface area contributed by atoms with Crippen LogP contribution in [0.4, 0.5) is 23.2 Å². The van der Waals surface area contributed by atoms with Crippen molar-refractivity contribution in [2.45, 2.75) is 23.9 Å². The molecule has 1 amide bonds. The first-order valence-corrected chi connectivity index (χ1v) is 11.9. The number of aliphatic imine (C=N–C) groups is 1. The fraction of sp³-hybridized carbons (Fsp3) is 0.300. The summed E-state index contributed by atoms with van der Waals surface area (Å²) in [6, 6.07) is 9.31. The highest BCUT2D eigenvalue weighted by Gasteiger charge is 2.51. The third-order valence-corrected chi connectivity index (χ3v) is 8.23. The number of anilines is 1. The van der Waals surface area contributed by atoms with Crippen molar-refractivity contribution in [2.24, 2.45) is 4.99 Å². The minimum absolute atomic E-state index is 0.0358. The van der Waals surface area contributed by atoms with E-state index in [2.05, 4.69) is 4.99 Å². The number of thioether (sulfide) groups is 1. The van der Waals surface area contributed by atoms with Crippen LogP contribution in [0, 0.1) is 5.82 Å². The van der Waals surface area contributed by atoms with Crippen LogP contribution in [0.1, 0.15) is 11.1 Å². The summed E-state index contributed by atoms with van der Waals surface area (Å²) >= 11 is 0.996. The highest BCUT2D eigenvalue weighted by atomic mass is 32.2. The van der Waals surface area contributed by atoms with Gasteiger partial charge in [-0.2, -0.15) is 18.2 Å². The molecule has 2 aliphatic heterocycles. The number of para-hydroxylation sites is 1. The molecule has 2 fully saturated rings. The number of nitrogens with zero attached hydrogens (tertiary/aromatic N) is 2. The molecular formula is C20H16F4N2O3S2. The molecule has 2 aliphatic rings. The maximum atomic E-state index is 13.6. The van der Waals surface area contributed by atoms with E-state index in [1.165, 1.54) is 47.4 Å². The summed E-state index contributed by atoms with van der Waals surface area (Å²) in [6.45, 7) is 0. The lowest BCUT2D eigenvalue weighted by molar-refractivity contribution is -0.137. The molecule has 0 bridgehead atoms. The summed E-state index contributed by atoms with van der Waals surface area (Å²) < 4.78 is 78.1. The van der Waals surface area contributed by atoms with Crippen LogP contribution in [-0.4, -0.2) is 42.3 Å². The number of amides is 1. The van der Waals surface area contributed by atoms with Crippen LogP contribution < -0.4 is 4.90 Å². The zero-order chi connectivity index (χ0) is 22.4. The van der Waals surface area contributed by atoms with E-state index in [9.17, 15) is 30.8 Å². The van der Waals surface area contributed by atoms with Gasteiger partial charge in [0, 0.05) is 5.25 Å². The summed E-state index contributed by atoms with van der Waals surface area (Å²) in [6.07, 6.45) is -4.83. The van der Waals surface area contributed by atoms with Gasteiger partial charge in [-0.25, -0.2) is 12.8 Å². The lowest BCUT2D eigenvalue weighted by Gasteiger charge is -2.27. The first-order chi connectivity index (χ1) is 14.5. The van der Waals surface area contributed by atoms with Crippen molar-refractivity contribution in [1.29, 1.82) is 0 Å². The van der Waals surface area contributed by atoms with Crippen molar-refractivity contribution >= 4 is 38.4 Å². The summed E-state index contributed by atoms with van der Waals surface area (Å²) in [7, 11) is -3.42. The monoisotopic (exact) mass is 472 g/mol. The van der Waals surface area contributed by atoms with Crippen molar-refractivity contribution in [3.8, 4) is 0 Å². The molecule has 0 saturated carbocycles. The Kier molecular flexibility index (Phi) is 5.59. The number of hydrogen-bond acceptors (Lipinski definition) is 4. The Morgan fingerprint density at radius 2 is 1.77 bits per heavy atom. The standard InChI is InChI=1S/C20H16F4N2O3S2/c21-13-7-5-12(6-8-13)9-18(27)25-19-26(16-10-31(28,29)11-17(16)30-19)15-4-2-1-3-14(15)20(22,23)24/h1-8,16-17H,9-11H2/t16-,17+/m0/s1. The van der Waals surface area contributed by atoms with Gasteiger partial charge in [-0.3, -0.25) is 4.79 Å². The molecule has 0 N–H and O–H groups in total. The van der Waals surface area contributed by atoms with E-state index < -0.39 is 44.6 Å². The molecule has 4 rings (SSSR count). The Morgan fingerprint density at radius 1 is 1.10 bits per heavy atom. The SMILES string of the molecule is O=C(Cc1ccc(F)cc1)N=C1S[C@@H]2CS(=O)(=O)C[C@@H]2N1c1ccccc1C(F)(F)F. The van der Waals surface area contributed by atoms with Crippen LogP contribution >= 0.6 is 11.8 Å². The molecule has 5 nitrogen and oxygen atoms in total. The average molecular weight is 472 g/mol. The van der Waals surface area contributed by atoms with E-state index in [-0.39, 0.29) is 28.8 Å². The fourth-order valence-corrected chi connectivity index (χ4v) is 7.62. The molecule has 0 aromatic heterocycles. The maximum absolute atomic E-state index is 13.6. The zero-order valence-electron chi connectivity index (χ0n) is 15.8. The van der Waals surface area contributed by atoms with Crippen LogP contribution in [0.5, 0.6) is 0 Å². The second-order valence-corrected chi connectivity index (χ2v) is 10.6. The van der Waals surface area contributed by atoms with Crippen molar-refractivity contribution < 1.29 is 30.8 Å². The van der Waals surface area contributed by atoms with Crippen molar-refractivity contribution in [3.63, 3.8) is 0 Å². The van der Waals surface area contributed by atoms with Crippen molar-refractivity contribution in [2.75, 3.05) is 16.4 Å². The molecule has 2 heterocycles. The summed E-state index contributed by atoms with van der Waals surface area (Å²) in [5, 5.41) is -0.489. The minimum atomic E-state index is -4.67. The van der Waals surface area contributed by atoms with Gasteiger partial charge in [-0.15, -0.1) is 0 Å². The Morgan fingerprint density at radius 3 is 2.45 bits per heavy atom. The molecule has 2 aromatic carbocycles. The lowest BCUT2D eigenvalue weighted by Crippen LogP contribution is -2.39. The number of carbonyl (C=O) groups is 1. The highest BCUT2D eigenvalue weighted by molar-refractivity contribution is 8.16. The quantitative estimate of drug-likeness (QED) is 0.638. The van der Waals surface area contributed by atoms with E-state index in [4.69, 9.17) is 0 Å². The Bertz CT molecular complexity index is 1150. The Balaban J connectivity index is 1.71. The molecule has 0 unspecified atom stereocenters. The normalized spacial score (nSPS) is 23.9. The molecule has 11 heteroatoms. The van der Waals surface area contributed by atoms with Gasteiger partial charge in [0.05, 0.1) is 35.2 Å². The van der Waals surface area contributed by atoms with Crippen LogP contribution in [0.3, 0.4) is 0 Å². The number of amidine groups is 1. The van der Waals surface area contributed by atoms with Crippen LogP contribution in [0.25, 0.3) is 0 Å². The number of carbonyl (C=O) groups excluding carboxylic acids is 1. The number of alkyl halides is 3. The van der Waals surface area contributed by atoms with Gasteiger partial charge in [0.15, 0.2) is 15.0 Å². The minimum Gasteiger partial charge on any atom is -0.315 e. The van der Waals surface area contributed by atoms with Gasteiger partial charge < -0.3 is 4.90 Å². The fourth-order valence-electron chi connectivity index (χ4n) is 3.69. The number of fused-ring (bicyclic) bond motifs is 1. The van der Waals surface area contributed by atoms with Gasteiger partial charge in [0.25, 0.3) is 5.91 Å². The van der Waals surface area contributed by atoms with Gasteiger partial charge in [0.1, 0.15) is 5.82 Å². The molecule has 0 radical (unpaired) electrons. The number of hydrogen-bond donors (Lipinski definition) is 0. The molecular weight excluding hydrogens is 456 g/mol. The number of halogens is 4. The van der Waals surface area contributed by atoms with E-state index in [0.29, 0.717) is 5.56 Å². The van der Waals surface area contributed by atoms with E-state index in [1.807, 2.05) is 0 Å². The molecule has 0 aliphatic carbocycles. The third kappa shape index (κ3) is 4.62. The maximum Gasteiger partial charge on any atom is 0.418 e. The Labute approximate surface area is 180 Å². The molecule has 31 heavy (non-hydrogen) atoms. The largest absolute Gasteiger partial charge is 0.418 e. The molecule has 2 atom stereocenters. The summed E-state index contributed by atoms with van der Waals surface area (Å²) in [5.74, 6) is -1.59. The number of rotatable bonds is 3. The zero-order valence-corrected chi connectivity index (χ0v) is 17.5. The molecule has 2 saturated heterocycles.